The first-order chi connectivity index (χ1) is 10.5. The van der Waals surface area contributed by atoms with Crippen molar-refractivity contribution >= 4 is 23.3 Å². The lowest BCUT2D eigenvalue weighted by molar-refractivity contribution is -0.131. The molecule has 0 fully saturated rings. The standard InChI is InChI=1S/C17H15NO4/c1-11(19)13-3-7-15(8-4-13)18-17(21)14-5-9-16(10-6-14)22-12(2)20/h3-10H,1-2H3,(H,18,21). The predicted octanol–water partition coefficient (Wildman–Crippen LogP) is 3.07. The van der Waals surface area contributed by atoms with Crippen LogP contribution in [-0.2, 0) is 4.79 Å². The van der Waals surface area contributed by atoms with Crippen LogP contribution in [0.1, 0.15) is 34.6 Å². The number of Topliss-reactive ketones (excluding diaryl/α,β-unsaturated/α-hetero) is 1. The molecule has 5 nitrogen and oxygen atoms in total. The quantitative estimate of drug-likeness (QED) is 0.535. The van der Waals surface area contributed by atoms with Crippen LogP contribution in [0.15, 0.2) is 48.5 Å². The van der Waals surface area contributed by atoms with Gasteiger partial charge in [0.25, 0.3) is 5.91 Å². The maximum Gasteiger partial charge on any atom is 0.308 e. The topological polar surface area (TPSA) is 72.5 Å². The van der Waals surface area contributed by atoms with Gasteiger partial charge >= 0.3 is 5.97 Å². The first kappa shape index (κ1) is 15.4. The number of hydrogen-bond acceptors (Lipinski definition) is 4. The van der Waals surface area contributed by atoms with Gasteiger partial charge in [0.05, 0.1) is 0 Å². The Balaban J connectivity index is 2.05. The summed E-state index contributed by atoms with van der Waals surface area (Å²) in [4.78, 5) is 34.1. The Morgan fingerprint density at radius 2 is 1.36 bits per heavy atom. The van der Waals surface area contributed by atoms with Crippen LogP contribution in [0.3, 0.4) is 0 Å². The molecule has 0 unspecified atom stereocenters. The molecule has 2 aromatic carbocycles. The lowest BCUT2D eigenvalue weighted by Crippen LogP contribution is -2.12. The number of ketones is 1. The molecule has 0 saturated carbocycles. The lowest BCUT2D eigenvalue weighted by atomic mass is 10.1. The van der Waals surface area contributed by atoms with Gasteiger partial charge in [0.2, 0.25) is 0 Å². The Morgan fingerprint density at radius 1 is 0.818 bits per heavy atom. The van der Waals surface area contributed by atoms with Crippen LogP contribution in [-0.4, -0.2) is 17.7 Å². The molecule has 1 N–H and O–H groups in total. The Labute approximate surface area is 127 Å². The summed E-state index contributed by atoms with van der Waals surface area (Å²) in [7, 11) is 0. The number of ether oxygens (including phenoxy) is 1. The second-order valence-electron chi connectivity index (χ2n) is 4.71. The van der Waals surface area contributed by atoms with Gasteiger partial charge in [-0.05, 0) is 55.5 Å². The molecule has 0 spiro atoms. The summed E-state index contributed by atoms with van der Waals surface area (Å²) in [5, 5.41) is 2.73. The minimum atomic E-state index is -0.414. The largest absolute Gasteiger partial charge is 0.427 e. The van der Waals surface area contributed by atoms with E-state index in [0.29, 0.717) is 22.6 Å². The van der Waals surface area contributed by atoms with Gasteiger partial charge < -0.3 is 10.1 Å². The minimum Gasteiger partial charge on any atom is -0.427 e. The van der Waals surface area contributed by atoms with Gasteiger partial charge in [0.1, 0.15) is 5.75 Å². The predicted molar refractivity (Wildman–Crippen MR) is 82.2 cm³/mol. The van der Waals surface area contributed by atoms with Crippen molar-refractivity contribution in [3.63, 3.8) is 0 Å². The van der Waals surface area contributed by atoms with Gasteiger partial charge in [0.15, 0.2) is 5.78 Å². The van der Waals surface area contributed by atoms with E-state index in [0.717, 1.165) is 0 Å². The Bertz CT molecular complexity index is 702. The third-order valence-corrected chi connectivity index (χ3v) is 2.93. The fraction of sp³-hybridized carbons (Fsp3) is 0.118. The normalized spacial score (nSPS) is 9.91. The molecular weight excluding hydrogens is 282 g/mol. The smallest absolute Gasteiger partial charge is 0.308 e. The molecule has 0 bridgehead atoms. The zero-order chi connectivity index (χ0) is 16.1. The molecule has 2 rings (SSSR count). The van der Waals surface area contributed by atoms with E-state index in [9.17, 15) is 14.4 Å². The Hall–Kier alpha value is -2.95. The van der Waals surface area contributed by atoms with Crippen molar-refractivity contribution in [2.24, 2.45) is 0 Å². The molecule has 0 heterocycles. The van der Waals surface area contributed by atoms with Crippen LogP contribution < -0.4 is 10.1 Å². The first-order valence-corrected chi connectivity index (χ1v) is 6.66. The summed E-state index contributed by atoms with van der Waals surface area (Å²) in [6.45, 7) is 2.80. The van der Waals surface area contributed by atoms with Crippen molar-refractivity contribution in [1.29, 1.82) is 0 Å². The van der Waals surface area contributed by atoms with E-state index in [1.165, 1.54) is 13.8 Å². The molecule has 0 atom stereocenters. The summed E-state index contributed by atoms with van der Waals surface area (Å²) in [5.74, 6) is -0.346. The number of carbonyl (C=O) groups is 3. The van der Waals surface area contributed by atoms with Gasteiger partial charge in [-0.2, -0.15) is 0 Å². The summed E-state index contributed by atoms with van der Waals surface area (Å²) >= 11 is 0. The highest BCUT2D eigenvalue weighted by molar-refractivity contribution is 6.04. The molecule has 22 heavy (non-hydrogen) atoms. The zero-order valence-electron chi connectivity index (χ0n) is 12.3. The van der Waals surface area contributed by atoms with E-state index in [2.05, 4.69) is 5.32 Å². The maximum atomic E-state index is 12.1. The monoisotopic (exact) mass is 297 g/mol. The molecule has 0 radical (unpaired) electrons. The van der Waals surface area contributed by atoms with Crippen molar-refractivity contribution in [1.82, 2.24) is 0 Å². The van der Waals surface area contributed by atoms with E-state index in [4.69, 9.17) is 4.74 Å². The van der Waals surface area contributed by atoms with E-state index in [1.54, 1.807) is 48.5 Å². The first-order valence-electron chi connectivity index (χ1n) is 6.66. The van der Waals surface area contributed by atoms with Gasteiger partial charge in [0, 0.05) is 23.7 Å². The summed E-state index contributed by atoms with van der Waals surface area (Å²) < 4.78 is 4.90. The van der Waals surface area contributed by atoms with Crippen molar-refractivity contribution in [2.75, 3.05) is 5.32 Å². The number of anilines is 1. The molecule has 112 valence electrons. The minimum absolute atomic E-state index is 0.0288. The van der Waals surface area contributed by atoms with Gasteiger partial charge in [-0.15, -0.1) is 0 Å². The second kappa shape index (κ2) is 6.67. The molecule has 5 heteroatoms. The van der Waals surface area contributed by atoms with Crippen LogP contribution in [0.5, 0.6) is 5.75 Å². The zero-order valence-corrected chi connectivity index (χ0v) is 12.3. The Morgan fingerprint density at radius 3 is 1.86 bits per heavy atom. The highest BCUT2D eigenvalue weighted by Crippen LogP contribution is 2.15. The molecule has 1 amide bonds. The Kier molecular flexibility index (Phi) is 4.68. The SMILES string of the molecule is CC(=O)Oc1ccc(C(=O)Nc2ccc(C(C)=O)cc2)cc1. The number of benzene rings is 2. The van der Waals surface area contributed by atoms with Gasteiger partial charge in [-0.1, -0.05) is 0 Å². The summed E-state index contributed by atoms with van der Waals surface area (Å²) in [5.41, 5.74) is 1.62. The van der Waals surface area contributed by atoms with Gasteiger partial charge in [-0.3, -0.25) is 14.4 Å². The van der Waals surface area contributed by atoms with E-state index in [-0.39, 0.29) is 11.7 Å². The molecule has 0 aliphatic carbocycles. The highest BCUT2D eigenvalue weighted by Gasteiger charge is 2.07. The van der Waals surface area contributed by atoms with Crippen molar-refractivity contribution in [3.8, 4) is 5.75 Å². The summed E-state index contributed by atoms with van der Waals surface area (Å²) in [6, 6.07) is 12.9. The highest BCUT2D eigenvalue weighted by atomic mass is 16.5. The number of carbonyl (C=O) groups excluding carboxylic acids is 3. The molecular formula is C17H15NO4. The number of nitrogens with one attached hydrogen (secondary N) is 1. The third kappa shape index (κ3) is 4.02. The molecule has 0 aliphatic rings. The average Bonchev–Trinajstić information content (AvgIpc) is 2.48. The van der Waals surface area contributed by atoms with Crippen molar-refractivity contribution in [3.05, 3.63) is 59.7 Å². The van der Waals surface area contributed by atoms with Gasteiger partial charge in [-0.25, -0.2) is 0 Å². The number of hydrogen-bond donors (Lipinski definition) is 1. The third-order valence-electron chi connectivity index (χ3n) is 2.93. The number of esters is 1. The molecule has 0 aliphatic heterocycles. The van der Waals surface area contributed by atoms with Crippen LogP contribution in [0, 0.1) is 0 Å². The van der Waals surface area contributed by atoms with Crippen molar-refractivity contribution in [2.45, 2.75) is 13.8 Å². The molecule has 0 saturated heterocycles. The number of amides is 1. The lowest BCUT2D eigenvalue weighted by Gasteiger charge is -2.07. The summed E-state index contributed by atoms with van der Waals surface area (Å²) in [6.07, 6.45) is 0. The van der Waals surface area contributed by atoms with Crippen molar-refractivity contribution < 1.29 is 19.1 Å². The van der Waals surface area contributed by atoms with Crippen LogP contribution in [0.25, 0.3) is 0 Å². The number of rotatable bonds is 4. The van der Waals surface area contributed by atoms with Crippen LogP contribution in [0.4, 0.5) is 5.69 Å². The van der Waals surface area contributed by atoms with Crippen LogP contribution in [0.2, 0.25) is 0 Å². The van der Waals surface area contributed by atoms with E-state index >= 15 is 0 Å². The second-order valence-corrected chi connectivity index (χ2v) is 4.71. The van der Waals surface area contributed by atoms with E-state index in [1.807, 2.05) is 0 Å². The fourth-order valence-electron chi connectivity index (χ4n) is 1.83. The van der Waals surface area contributed by atoms with E-state index < -0.39 is 5.97 Å². The molecule has 0 aromatic heterocycles. The van der Waals surface area contributed by atoms with Crippen LogP contribution >= 0.6 is 0 Å². The maximum absolute atomic E-state index is 12.1. The average molecular weight is 297 g/mol. The fourth-order valence-corrected chi connectivity index (χ4v) is 1.83. The molecule has 2 aromatic rings.